The summed E-state index contributed by atoms with van der Waals surface area (Å²) in [4.78, 5) is 26.0. The molecule has 7 nitrogen and oxygen atoms in total. The second-order valence-corrected chi connectivity index (χ2v) is 6.45. The minimum atomic E-state index is -0.393. The Morgan fingerprint density at radius 2 is 1.93 bits per heavy atom. The van der Waals surface area contributed by atoms with Crippen LogP contribution < -0.4 is 25.0 Å². The number of hydrogen-bond acceptors (Lipinski definition) is 4. The lowest BCUT2D eigenvalue weighted by molar-refractivity contribution is -0.117. The molecule has 4 rings (SSSR count). The smallest absolute Gasteiger partial charge is 0.319 e. The van der Waals surface area contributed by atoms with E-state index in [9.17, 15) is 14.0 Å². The topological polar surface area (TPSA) is 79.9 Å². The van der Waals surface area contributed by atoms with Crippen LogP contribution in [0.15, 0.2) is 42.5 Å². The number of nitrogens with one attached hydrogen (secondary N) is 2. The van der Waals surface area contributed by atoms with Crippen molar-refractivity contribution in [2.75, 3.05) is 30.1 Å². The van der Waals surface area contributed by atoms with Gasteiger partial charge in [0, 0.05) is 42.9 Å². The first-order valence-corrected chi connectivity index (χ1v) is 8.59. The Morgan fingerprint density at radius 1 is 1.15 bits per heavy atom. The average Bonchev–Trinajstić information content (AvgIpc) is 3.27. The predicted octanol–water partition coefficient (Wildman–Crippen LogP) is 2.73. The van der Waals surface area contributed by atoms with Gasteiger partial charge in [-0.05, 0) is 36.4 Å². The molecule has 2 heterocycles. The summed E-state index contributed by atoms with van der Waals surface area (Å²) >= 11 is 0. The quantitative estimate of drug-likeness (QED) is 0.866. The van der Waals surface area contributed by atoms with Gasteiger partial charge in [-0.25, -0.2) is 9.18 Å². The van der Waals surface area contributed by atoms with E-state index in [1.54, 1.807) is 17.0 Å². The van der Waals surface area contributed by atoms with Crippen LogP contribution >= 0.6 is 0 Å². The number of fused-ring (bicyclic) bond motifs is 1. The van der Waals surface area contributed by atoms with Crippen LogP contribution in [0.2, 0.25) is 0 Å². The Bertz CT molecular complexity index is 872. The van der Waals surface area contributed by atoms with Crippen molar-refractivity contribution in [1.82, 2.24) is 5.32 Å². The van der Waals surface area contributed by atoms with Gasteiger partial charge < -0.3 is 25.0 Å². The maximum atomic E-state index is 12.9. The van der Waals surface area contributed by atoms with Crippen molar-refractivity contribution in [3.8, 4) is 11.5 Å². The van der Waals surface area contributed by atoms with Crippen molar-refractivity contribution in [1.29, 1.82) is 0 Å². The number of halogens is 1. The van der Waals surface area contributed by atoms with Crippen LogP contribution in [-0.4, -0.2) is 31.8 Å². The molecule has 0 aliphatic carbocycles. The molecule has 2 aromatic rings. The van der Waals surface area contributed by atoms with Crippen LogP contribution in [0.1, 0.15) is 6.42 Å². The van der Waals surface area contributed by atoms with Gasteiger partial charge in [-0.15, -0.1) is 0 Å². The molecular weight excluding hydrogens is 353 g/mol. The molecule has 0 aromatic heterocycles. The number of benzene rings is 2. The SMILES string of the molecule is O=C(NC[C@@H]1CC(=O)N(c2ccc3c(c2)OCO3)C1)Nc1ccc(F)cc1. The Balaban J connectivity index is 1.31. The van der Waals surface area contributed by atoms with E-state index in [4.69, 9.17) is 9.47 Å². The number of nitrogens with zero attached hydrogens (tertiary/aromatic N) is 1. The monoisotopic (exact) mass is 371 g/mol. The van der Waals surface area contributed by atoms with E-state index in [1.807, 2.05) is 6.07 Å². The predicted molar refractivity (Wildman–Crippen MR) is 96.4 cm³/mol. The summed E-state index contributed by atoms with van der Waals surface area (Å²) < 4.78 is 23.5. The van der Waals surface area contributed by atoms with Gasteiger partial charge in [0.15, 0.2) is 11.5 Å². The van der Waals surface area contributed by atoms with Crippen molar-refractivity contribution < 1.29 is 23.5 Å². The highest BCUT2D eigenvalue weighted by atomic mass is 19.1. The largest absolute Gasteiger partial charge is 0.454 e. The molecule has 0 radical (unpaired) electrons. The number of carbonyl (C=O) groups excluding carboxylic acids is 2. The highest BCUT2D eigenvalue weighted by Gasteiger charge is 2.31. The van der Waals surface area contributed by atoms with E-state index >= 15 is 0 Å². The van der Waals surface area contributed by atoms with E-state index in [-0.39, 0.29) is 24.4 Å². The van der Waals surface area contributed by atoms with Crippen molar-refractivity contribution >= 4 is 23.3 Å². The zero-order chi connectivity index (χ0) is 18.8. The second-order valence-electron chi connectivity index (χ2n) is 6.45. The summed E-state index contributed by atoms with van der Waals surface area (Å²) in [6.45, 7) is 1.05. The average molecular weight is 371 g/mol. The summed E-state index contributed by atoms with van der Waals surface area (Å²) in [6.07, 6.45) is 0.352. The number of anilines is 2. The molecule has 0 bridgehead atoms. The molecule has 1 atom stereocenters. The van der Waals surface area contributed by atoms with E-state index in [1.165, 1.54) is 24.3 Å². The van der Waals surface area contributed by atoms with Gasteiger partial charge in [-0.1, -0.05) is 0 Å². The molecule has 1 fully saturated rings. The van der Waals surface area contributed by atoms with Gasteiger partial charge >= 0.3 is 6.03 Å². The Labute approximate surface area is 155 Å². The minimum absolute atomic E-state index is 0.000363. The standard InChI is InChI=1S/C19H18FN3O4/c20-13-1-3-14(4-2-13)22-19(25)21-9-12-7-18(24)23(10-12)15-5-6-16-17(8-15)27-11-26-16/h1-6,8,12H,7,9-11H2,(H2,21,22,25)/t12-/m0/s1. The van der Waals surface area contributed by atoms with E-state index in [0.29, 0.717) is 36.7 Å². The summed E-state index contributed by atoms with van der Waals surface area (Å²) in [5.74, 6) is 0.928. The Morgan fingerprint density at radius 3 is 2.74 bits per heavy atom. The van der Waals surface area contributed by atoms with Crippen molar-refractivity contribution in [3.05, 3.63) is 48.3 Å². The lowest BCUT2D eigenvalue weighted by Gasteiger charge is -2.17. The van der Waals surface area contributed by atoms with E-state index in [2.05, 4.69) is 10.6 Å². The first-order chi connectivity index (χ1) is 13.1. The number of carbonyl (C=O) groups is 2. The van der Waals surface area contributed by atoms with Crippen LogP contribution in [0.25, 0.3) is 0 Å². The summed E-state index contributed by atoms with van der Waals surface area (Å²) in [5.41, 5.74) is 1.25. The molecule has 0 saturated carbocycles. The van der Waals surface area contributed by atoms with Gasteiger partial charge in [0.05, 0.1) is 0 Å². The Kier molecular flexibility index (Phi) is 4.53. The van der Waals surface area contributed by atoms with Crippen LogP contribution in [0, 0.1) is 11.7 Å². The molecule has 27 heavy (non-hydrogen) atoms. The molecule has 2 aliphatic heterocycles. The third-order valence-electron chi connectivity index (χ3n) is 4.53. The number of amides is 3. The fourth-order valence-corrected chi connectivity index (χ4v) is 3.17. The summed E-state index contributed by atoms with van der Waals surface area (Å²) in [5, 5.41) is 5.38. The fraction of sp³-hybridized carbons (Fsp3) is 0.263. The zero-order valence-corrected chi connectivity index (χ0v) is 14.4. The normalized spacial score (nSPS) is 17.9. The number of hydrogen-bond donors (Lipinski definition) is 2. The number of ether oxygens (including phenoxy) is 2. The zero-order valence-electron chi connectivity index (χ0n) is 14.4. The first kappa shape index (κ1) is 17.1. The van der Waals surface area contributed by atoms with Gasteiger partial charge in [0.1, 0.15) is 5.82 Å². The Hall–Kier alpha value is -3.29. The maximum Gasteiger partial charge on any atom is 0.319 e. The van der Waals surface area contributed by atoms with Crippen LogP contribution in [0.5, 0.6) is 11.5 Å². The van der Waals surface area contributed by atoms with Gasteiger partial charge in [0.25, 0.3) is 0 Å². The maximum absolute atomic E-state index is 12.9. The lowest BCUT2D eigenvalue weighted by atomic mass is 10.1. The molecule has 2 aromatic carbocycles. The molecular formula is C19H18FN3O4. The van der Waals surface area contributed by atoms with Crippen molar-refractivity contribution in [2.45, 2.75) is 6.42 Å². The molecule has 3 amide bonds. The van der Waals surface area contributed by atoms with Crippen molar-refractivity contribution in [3.63, 3.8) is 0 Å². The third-order valence-corrected chi connectivity index (χ3v) is 4.53. The molecule has 0 spiro atoms. The molecule has 0 unspecified atom stereocenters. The first-order valence-electron chi connectivity index (χ1n) is 8.59. The molecule has 8 heteroatoms. The molecule has 2 N–H and O–H groups in total. The fourth-order valence-electron chi connectivity index (χ4n) is 3.17. The highest BCUT2D eigenvalue weighted by molar-refractivity contribution is 5.96. The van der Waals surface area contributed by atoms with Crippen LogP contribution in [-0.2, 0) is 4.79 Å². The molecule has 2 aliphatic rings. The van der Waals surface area contributed by atoms with Gasteiger partial charge in [0.2, 0.25) is 12.7 Å². The second kappa shape index (κ2) is 7.14. The minimum Gasteiger partial charge on any atom is -0.454 e. The number of urea groups is 1. The van der Waals surface area contributed by atoms with Crippen LogP contribution in [0.3, 0.4) is 0 Å². The van der Waals surface area contributed by atoms with E-state index < -0.39 is 6.03 Å². The molecule has 140 valence electrons. The highest BCUT2D eigenvalue weighted by Crippen LogP contribution is 2.37. The van der Waals surface area contributed by atoms with Gasteiger partial charge in [-0.3, -0.25) is 4.79 Å². The van der Waals surface area contributed by atoms with Crippen LogP contribution in [0.4, 0.5) is 20.6 Å². The van der Waals surface area contributed by atoms with Gasteiger partial charge in [-0.2, -0.15) is 0 Å². The third kappa shape index (κ3) is 3.79. The lowest BCUT2D eigenvalue weighted by Crippen LogP contribution is -2.34. The number of rotatable bonds is 4. The molecule has 1 saturated heterocycles. The summed E-state index contributed by atoms with van der Waals surface area (Å²) in [7, 11) is 0. The van der Waals surface area contributed by atoms with Crippen molar-refractivity contribution in [2.24, 2.45) is 5.92 Å². The van der Waals surface area contributed by atoms with E-state index in [0.717, 1.165) is 5.69 Å². The summed E-state index contributed by atoms with van der Waals surface area (Å²) in [6, 6.07) is 10.5.